The SMILES string of the molecule is N#Cc1cnc(C#N)c(SC2CC2)c1. The maximum Gasteiger partial charge on any atom is 0.154 e. The fourth-order valence-corrected chi connectivity index (χ4v) is 2.18. The Morgan fingerprint density at radius 3 is 2.71 bits per heavy atom. The van der Waals surface area contributed by atoms with Gasteiger partial charge < -0.3 is 0 Å². The molecule has 1 aromatic heterocycles. The summed E-state index contributed by atoms with van der Waals surface area (Å²) < 4.78 is 0. The van der Waals surface area contributed by atoms with Gasteiger partial charge in [-0.25, -0.2) is 4.98 Å². The molecule has 2 rings (SSSR count). The lowest BCUT2D eigenvalue weighted by molar-refractivity contribution is 1.16. The van der Waals surface area contributed by atoms with E-state index in [0.29, 0.717) is 16.5 Å². The molecule has 4 heteroatoms. The van der Waals surface area contributed by atoms with E-state index in [1.807, 2.05) is 12.1 Å². The molecule has 0 N–H and O–H groups in total. The summed E-state index contributed by atoms with van der Waals surface area (Å²) in [5.41, 5.74) is 0.952. The van der Waals surface area contributed by atoms with Crippen molar-refractivity contribution in [1.82, 2.24) is 4.98 Å². The molecule has 0 aliphatic heterocycles. The number of nitriles is 2. The van der Waals surface area contributed by atoms with E-state index in [-0.39, 0.29) is 0 Å². The van der Waals surface area contributed by atoms with E-state index in [1.54, 1.807) is 17.8 Å². The molecule has 0 radical (unpaired) electrons. The van der Waals surface area contributed by atoms with Crippen molar-refractivity contribution in [3.8, 4) is 12.1 Å². The zero-order chi connectivity index (χ0) is 9.97. The molecule has 1 fully saturated rings. The third-order valence-corrected chi connectivity index (χ3v) is 3.28. The molecule has 1 aliphatic rings. The predicted molar refractivity (Wildman–Crippen MR) is 52.5 cm³/mol. The van der Waals surface area contributed by atoms with Gasteiger partial charge in [-0.2, -0.15) is 10.5 Å². The van der Waals surface area contributed by atoms with E-state index < -0.39 is 0 Å². The summed E-state index contributed by atoms with van der Waals surface area (Å²) in [6.45, 7) is 0. The maximum absolute atomic E-state index is 8.81. The van der Waals surface area contributed by atoms with Crippen LogP contribution in [0, 0.1) is 22.7 Å². The van der Waals surface area contributed by atoms with Crippen molar-refractivity contribution in [1.29, 1.82) is 10.5 Å². The number of aromatic nitrogens is 1. The van der Waals surface area contributed by atoms with E-state index in [0.717, 1.165) is 4.90 Å². The van der Waals surface area contributed by atoms with Gasteiger partial charge in [0, 0.05) is 16.3 Å². The molecule has 0 spiro atoms. The number of hydrogen-bond acceptors (Lipinski definition) is 4. The monoisotopic (exact) mass is 201 g/mol. The van der Waals surface area contributed by atoms with Crippen LogP contribution in [0.25, 0.3) is 0 Å². The average molecular weight is 201 g/mol. The van der Waals surface area contributed by atoms with E-state index in [2.05, 4.69) is 4.98 Å². The summed E-state index contributed by atoms with van der Waals surface area (Å²) in [5, 5.41) is 18.1. The standard InChI is InChI=1S/C10H7N3S/c11-4-7-3-10(14-8-1-2-8)9(5-12)13-6-7/h3,6,8H,1-2H2. The molecule has 0 saturated heterocycles. The predicted octanol–water partition coefficient (Wildman–Crippen LogP) is 2.08. The second kappa shape index (κ2) is 3.69. The Morgan fingerprint density at radius 1 is 1.36 bits per heavy atom. The highest BCUT2D eigenvalue weighted by molar-refractivity contribution is 8.00. The Morgan fingerprint density at radius 2 is 2.14 bits per heavy atom. The topological polar surface area (TPSA) is 60.5 Å². The van der Waals surface area contributed by atoms with Gasteiger partial charge >= 0.3 is 0 Å². The molecule has 0 amide bonds. The van der Waals surface area contributed by atoms with E-state index in [4.69, 9.17) is 10.5 Å². The second-order valence-electron chi connectivity index (χ2n) is 3.11. The van der Waals surface area contributed by atoms with Gasteiger partial charge in [-0.1, -0.05) is 0 Å². The van der Waals surface area contributed by atoms with Crippen LogP contribution in [0.4, 0.5) is 0 Å². The number of hydrogen-bond donors (Lipinski definition) is 0. The van der Waals surface area contributed by atoms with Crippen LogP contribution in [0.5, 0.6) is 0 Å². The number of pyridine rings is 1. The van der Waals surface area contributed by atoms with Gasteiger partial charge in [-0.05, 0) is 18.9 Å². The molecular formula is C10H7N3S. The quantitative estimate of drug-likeness (QED) is 0.735. The van der Waals surface area contributed by atoms with Crippen molar-refractivity contribution in [3.05, 3.63) is 23.5 Å². The molecule has 1 saturated carbocycles. The highest BCUT2D eigenvalue weighted by atomic mass is 32.2. The van der Waals surface area contributed by atoms with Gasteiger partial charge in [0.1, 0.15) is 12.1 Å². The van der Waals surface area contributed by atoms with E-state index in [9.17, 15) is 0 Å². The number of nitrogens with zero attached hydrogens (tertiary/aromatic N) is 3. The lowest BCUT2D eigenvalue weighted by Crippen LogP contribution is -1.89. The second-order valence-corrected chi connectivity index (χ2v) is 4.45. The molecule has 0 aromatic carbocycles. The third kappa shape index (κ3) is 1.86. The first-order chi connectivity index (χ1) is 6.83. The van der Waals surface area contributed by atoms with Crippen LogP contribution in [-0.2, 0) is 0 Å². The smallest absolute Gasteiger partial charge is 0.154 e. The summed E-state index contributed by atoms with van der Waals surface area (Å²) in [6, 6.07) is 5.81. The van der Waals surface area contributed by atoms with Gasteiger partial charge in [0.05, 0.1) is 5.56 Å². The summed E-state index contributed by atoms with van der Waals surface area (Å²) in [5.74, 6) is 0. The summed E-state index contributed by atoms with van der Waals surface area (Å²) in [4.78, 5) is 4.79. The van der Waals surface area contributed by atoms with Crippen LogP contribution < -0.4 is 0 Å². The number of rotatable bonds is 2. The third-order valence-electron chi connectivity index (χ3n) is 1.91. The average Bonchev–Trinajstić information content (AvgIpc) is 3.01. The van der Waals surface area contributed by atoms with Crippen LogP contribution in [0.1, 0.15) is 24.1 Å². The Hall–Kier alpha value is -1.52. The fraction of sp³-hybridized carbons (Fsp3) is 0.300. The van der Waals surface area contributed by atoms with Crippen LogP contribution in [0.15, 0.2) is 17.2 Å². The normalized spacial score (nSPS) is 14.4. The molecule has 1 heterocycles. The van der Waals surface area contributed by atoms with Crippen molar-refractivity contribution >= 4 is 11.8 Å². The first kappa shape index (κ1) is 9.05. The summed E-state index contributed by atoms with van der Waals surface area (Å²) >= 11 is 1.65. The molecule has 3 nitrogen and oxygen atoms in total. The lowest BCUT2D eigenvalue weighted by atomic mass is 10.3. The Bertz CT molecular complexity index is 438. The zero-order valence-corrected chi connectivity index (χ0v) is 8.21. The largest absolute Gasteiger partial charge is 0.243 e. The van der Waals surface area contributed by atoms with Crippen LogP contribution in [0.2, 0.25) is 0 Å². The Kier molecular flexibility index (Phi) is 2.39. The minimum atomic E-state index is 0.431. The molecule has 0 unspecified atom stereocenters. The number of thioether (sulfide) groups is 1. The maximum atomic E-state index is 8.81. The van der Waals surface area contributed by atoms with Gasteiger partial charge in [-0.3, -0.25) is 0 Å². The molecule has 1 aliphatic carbocycles. The van der Waals surface area contributed by atoms with Crippen molar-refractivity contribution in [3.63, 3.8) is 0 Å². The van der Waals surface area contributed by atoms with Crippen molar-refractivity contribution in [2.75, 3.05) is 0 Å². The first-order valence-corrected chi connectivity index (χ1v) is 5.18. The molecule has 0 bridgehead atoms. The van der Waals surface area contributed by atoms with Crippen LogP contribution in [-0.4, -0.2) is 10.2 Å². The lowest BCUT2D eigenvalue weighted by Gasteiger charge is -2.00. The highest BCUT2D eigenvalue weighted by Crippen LogP contribution is 2.40. The molecule has 68 valence electrons. The zero-order valence-electron chi connectivity index (χ0n) is 7.40. The Balaban J connectivity index is 2.33. The van der Waals surface area contributed by atoms with Gasteiger partial charge in [0.25, 0.3) is 0 Å². The minimum absolute atomic E-state index is 0.431. The van der Waals surface area contributed by atoms with E-state index in [1.165, 1.54) is 19.0 Å². The van der Waals surface area contributed by atoms with E-state index >= 15 is 0 Å². The molecular weight excluding hydrogens is 194 g/mol. The molecule has 0 atom stereocenters. The molecule has 1 aromatic rings. The minimum Gasteiger partial charge on any atom is -0.243 e. The Labute approximate surface area is 86.4 Å². The van der Waals surface area contributed by atoms with Gasteiger partial charge in [0.2, 0.25) is 0 Å². The van der Waals surface area contributed by atoms with Crippen LogP contribution in [0.3, 0.4) is 0 Å². The first-order valence-electron chi connectivity index (χ1n) is 4.30. The summed E-state index contributed by atoms with van der Waals surface area (Å²) in [6.07, 6.45) is 3.84. The summed E-state index contributed by atoms with van der Waals surface area (Å²) in [7, 11) is 0. The molecule has 14 heavy (non-hydrogen) atoms. The van der Waals surface area contributed by atoms with Crippen molar-refractivity contribution in [2.24, 2.45) is 0 Å². The van der Waals surface area contributed by atoms with Crippen molar-refractivity contribution < 1.29 is 0 Å². The highest BCUT2D eigenvalue weighted by Gasteiger charge is 2.24. The van der Waals surface area contributed by atoms with Gasteiger partial charge in [0.15, 0.2) is 5.69 Å². The van der Waals surface area contributed by atoms with Gasteiger partial charge in [-0.15, -0.1) is 11.8 Å². The fourth-order valence-electron chi connectivity index (χ4n) is 1.04. The van der Waals surface area contributed by atoms with Crippen LogP contribution >= 0.6 is 11.8 Å². The van der Waals surface area contributed by atoms with Crippen molar-refractivity contribution in [2.45, 2.75) is 23.0 Å².